The van der Waals surface area contributed by atoms with E-state index < -0.39 is 0 Å². The largest absolute Gasteiger partial charge is 0.508 e. The average Bonchev–Trinajstić information content (AvgIpc) is 3.16. The number of fused-ring (bicyclic) bond motifs is 1. The van der Waals surface area contributed by atoms with Crippen LogP contribution >= 0.6 is 0 Å². The molecule has 2 heterocycles. The lowest BCUT2D eigenvalue weighted by Gasteiger charge is -2.00. The first-order valence-electron chi connectivity index (χ1n) is 6.33. The number of aromatic hydroxyl groups is 1. The first kappa shape index (κ1) is 11.6. The Morgan fingerprint density at radius 1 is 0.952 bits per heavy atom. The number of nitrogens with one attached hydrogen (secondary N) is 2. The molecule has 102 valence electrons. The summed E-state index contributed by atoms with van der Waals surface area (Å²) in [7, 11) is 0. The first-order chi connectivity index (χ1) is 10.3. The maximum Gasteiger partial charge on any atom is 0.179 e. The number of aromatic amines is 2. The zero-order valence-electron chi connectivity index (χ0n) is 10.8. The summed E-state index contributed by atoms with van der Waals surface area (Å²) in [5.41, 5.74) is 3.39. The number of nitrogens with zero attached hydrogens (tertiary/aromatic N) is 4. The molecule has 0 aliphatic rings. The number of H-pyrrole nitrogens is 2. The van der Waals surface area contributed by atoms with E-state index in [4.69, 9.17) is 0 Å². The van der Waals surface area contributed by atoms with Crippen molar-refractivity contribution in [1.29, 1.82) is 0 Å². The Balaban J connectivity index is 1.92. The fourth-order valence-electron chi connectivity index (χ4n) is 2.32. The Kier molecular flexibility index (Phi) is 2.43. The molecule has 2 aromatic heterocycles. The highest BCUT2D eigenvalue weighted by Crippen LogP contribution is 2.30. The summed E-state index contributed by atoms with van der Waals surface area (Å²) in [6.07, 6.45) is 0. The van der Waals surface area contributed by atoms with Crippen LogP contribution < -0.4 is 0 Å². The van der Waals surface area contributed by atoms with Crippen molar-refractivity contribution in [3.63, 3.8) is 0 Å². The van der Waals surface area contributed by atoms with Gasteiger partial charge in [0.1, 0.15) is 11.4 Å². The van der Waals surface area contributed by atoms with Crippen LogP contribution in [-0.4, -0.2) is 35.9 Å². The molecule has 0 atom stereocenters. The summed E-state index contributed by atoms with van der Waals surface area (Å²) in [5.74, 6) is 0.805. The highest BCUT2D eigenvalue weighted by Gasteiger charge is 2.11. The van der Waals surface area contributed by atoms with Gasteiger partial charge in [0.05, 0.1) is 5.52 Å². The molecule has 7 nitrogen and oxygen atoms in total. The Morgan fingerprint density at radius 2 is 1.90 bits per heavy atom. The SMILES string of the molecule is Oc1cccc(-c2n[nH]c3ccc(-c4nnn[nH]4)cc23)c1. The molecule has 0 bridgehead atoms. The molecule has 2 aromatic carbocycles. The molecule has 0 saturated carbocycles. The van der Waals surface area contributed by atoms with Crippen LogP contribution in [0.1, 0.15) is 0 Å². The molecule has 0 saturated heterocycles. The maximum atomic E-state index is 9.62. The second-order valence-electron chi connectivity index (χ2n) is 4.63. The topological polar surface area (TPSA) is 103 Å². The van der Waals surface area contributed by atoms with Crippen molar-refractivity contribution in [2.24, 2.45) is 0 Å². The van der Waals surface area contributed by atoms with Crippen molar-refractivity contribution in [2.75, 3.05) is 0 Å². The third kappa shape index (κ3) is 1.91. The van der Waals surface area contributed by atoms with E-state index in [-0.39, 0.29) is 5.75 Å². The van der Waals surface area contributed by atoms with Gasteiger partial charge in [0.2, 0.25) is 0 Å². The number of benzene rings is 2. The molecule has 0 aliphatic heterocycles. The van der Waals surface area contributed by atoms with Crippen molar-refractivity contribution in [3.8, 4) is 28.4 Å². The predicted octanol–water partition coefficient (Wildman–Crippen LogP) is 2.12. The monoisotopic (exact) mass is 278 g/mol. The average molecular weight is 278 g/mol. The van der Waals surface area contributed by atoms with Gasteiger partial charge in [-0.15, -0.1) is 5.10 Å². The van der Waals surface area contributed by atoms with E-state index >= 15 is 0 Å². The minimum Gasteiger partial charge on any atom is -0.508 e. The van der Waals surface area contributed by atoms with E-state index in [0.717, 1.165) is 27.7 Å². The summed E-state index contributed by atoms with van der Waals surface area (Å²) in [4.78, 5) is 0. The van der Waals surface area contributed by atoms with Crippen LogP contribution in [-0.2, 0) is 0 Å². The van der Waals surface area contributed by atoms with Crippen LogP contribution in [0.2, 0.25) is 0 Å². The summed E-state index contributed by atoms with van der Waals surface area (Å²) in [6.45, 7) is 0. The molecule has 7 heteroatoms. The fraction of sp³-hybridized carbons (Fsp3) is 0. The van der Waals surface area contributed by atoms with Crippen LogP contribution in [0, 0.1) is 0 Å². The molecule has 0 unspecified atom stereocenters. The lowest BCUT2D eigenvalue weighted by Crippen LogP contribution is -1.82. The van der Waals surface area contributed by atoms with Crippen LogP contribution in [0.5, 0.6) is 5.75 Å². The molecule has 3 N–H and O–H groups in total. The van der Waals surface area contributed by atoms with Gasteiger partial charge in [0.25, 0.3) is 0 Å². The molecule has 4 rings (SSSR count). The number of aromatic nitrogens is 6. The van der Waals surface area contributed by atoms with E-state index in [1.54, 1.807) is 18.2 Å². The van der Waals surface area contributed by atoms with Crippen LogP contribution in [0.25, 0.3) is 33.5 Å². The van der Waals surface area contributed by atoms with Crippen molar-refractivity contribution in [3.05, 3.63) is 42.5 Å². The van der Waals surface area contributed by atoms with E-state index in [1.165, 1.54) is 0 Å². The molecule has 0 spiro atoms. The minimum absolute atomic E-state index is 0.208. The third-order valence-corrected chi connectivity index (χ3v) is 3.30. The Bertz CT molecular complexity index is 912. The second kappa shape index (κ2) is 4.41. The van der Waals surface area contributed by atoms with Gasteiger partial charge in [0.15, 0.2) is 5.82 Å². The smallest absolute Gasteiger partial charge is 0.179 e. The quantitative estimate of drug-likeness (QED) is 0.521. The molecule has 0 aliphatic carbocycles. The molecular formula is C14H10N6O. The number of hydrogen-bond acceptors (Lipinski definition) is 5. The lowest BCUT2D eigenvalue weighted by molar-refractivity contribution is 0.475. The van der Waals surface area contributed by atoms with Crippen molar-refractivity contribution in [2.45, 2.75) is 0 Å². The molecule has 0 radical (unpaired) electrons. The number of tetrazole rings is 1. The van der Waals surface area contributed by atoms with Gasteiger partial charge in [-0.3, -0.25) is 5.10 Å². The number of phenolic OH excluding ortho intramolecular Hbond substituents is 1. The zero-order chi connectivity index (χ0) is 14.2. The summed E-state index contributed by atoms with van der Waals surface area (Å²) in [6, 6.07) is 12.8. The number of phenols is 1. The third-order valence-electron chi connectivity index (χ3n) is 3.30. The highest BCUT2D eigenvalue weighted by molar-refractivity contribution is 5.95. The lowest BCUT2D eigenvalue weighted by atomic mass is 10.1. The summed E-state index contributed by atoms with van der Waals surface area (Å²) >= 11 is 0. The van der Waals surface area contributed by atoms with Gasteiger partial charge in [-0.2, -0.15) is 5.10 Å². The Labute approximate surface area is 118 Å². The summed E-state index contributed by atoms with van der Waals surface area (Å²) in [5, 5.41) is 31.7. The fourth-order valence-corrected chi connectivity index (χ4v) is 2.32. The van der Waals surface area contributed by atoms with E-state index in [1.807, 2.05) is 24.3 Å². The summed E-state index contributed by atoms with van der Waals surface area (Å²) < 4.78 is 0. The van der Waals surface area contributed by atoms with Gasteiger partial charge in [-0.1, -0.05) is 12.1 Å². The van der Waals surface area contributed by atoms with E-state index in [9.17, 15) is 5.11 Å². The number of rotatable bonds is 2. The maximum absolute atomic E-state index is 9.62. The number of hydrogen-bond donors (Lipinski definition) is 3. The Hall–Kier alpha value is -3.22. The standard InChI is InChI=1S/C14H10N6O/c21-10-3-1-2-8(6-10)13-11-7-9(14-17-19-20-18-14)4-5-12(11)15-16-13/h1-7,21H,(H,15,16)(H,17,18,19,20). The van der Waals surface area contributed by atoms with Crippen LogP contribution in [0.4, 0.5) is 0 Å². The molecule has 0 amide bonds. The Morgan fingerprint density at radius 3 is 2.71 bits per heavy atom. The van der Waals surface area contributed by atoms with Gasteiger partial charge in [-0.25, -0.2) is 5.10 Å². The zero-order valence-corrected chi connectivity index (χ0v) is 10.8. The second-order valence-corrected chi connectivity index (χ2v) is 4.63. The first-order valence-corrected chi connectivity index (χ1v) is 6.33. The van der Waals surface area contributed by atoms with Crippen LogP contribution in [0.15, 0.2) is 42.5 Å². The minimum atomic E-state index is 0.208. The van der Waals surface area contributed by atoms with Gasteiger partial charge in [0, 0.05) is 16.5 Å². The van der Waals surface area contributed by atoms with Crippen molar-refractivity contribution < 1.29 is 5.11 Å². The van der Waals surface area contributed by atoms with Gasteiger partial charge in [-0.05, 0) is 40.8 Å². The van der Waals surface area contributed by atoms with Crippen molar-refractivity contribution >= 4 is 10.9 Å². The normalized spacial score (nSPS) is 11.0. The molecular weight excluding hydrogens is 268 g/mol. The van der Waals surface area contributed by atoms with E-state index in [2.05, 4.69) is 30.8 Å². The molecule has 4 aromatic rings. The van der Waals surface area contributed by atoms with Crippen LogP contribution in [0.3, 0.4) is 0 Å². The molecule has 21 heavy (non-hydrogen) atoms. The highest BCUT2D eigenvalue weighted by atomic mass is 16.3. The van der Waals surface area contributed by atoms with Gasteiger partial charge >= 0.3 is 0 Å². The van der Waals surface area contributed by atoms with E-state index in [0.29, 0.717) is 5.82 Å². The van der Waals surface area contributed by atoms with Crippen molar-refractivity contribution in [1.82, 2.24) is 30.8 Å². The molecule has 0 fully saturated rings. The predicted molar refractivity (Wildman–Crippen MR) is 76.4 cm³/mol. The van der Waals surface area contributed by atoms with Gasteiger partial charge < -0.3 is 5.11 Å².